The molecule has 0 bridgehead atoms. The van der Waals surface area contributed by atoms with Gasteiger partial charge in [0.25, 0.3) is 0 Å². The smallest absolute Gasteiger partial charge is 0.222 e. The number of nitrogens with one attached hydrogen (secondary N) is 1. The molecule has 0 unspecified atom stereocenters. The highest BCUT2D eigenvalue weighted by Crippen LogP contribution is 2.20. The molecule has 0 aliphatic carbocycles. The van der Waals surface area contributed by atoms with Crippen LogP contribution < -0.4 is 5.32 Å². The highest BCUT2D eigenvalue weighted by atomic mass is 16.2. The molecule has 0 saturated carbocycles. The van der Waals surface area contributed by atoms with Crippen LogP contribution in [0.2, 0.25) is 0 Å². The van der Waals surface area contributed by atoms with Gasteiger partial charge in [0.05, 0.1) is 0 Å². The zero-order chi connectivity index (χ0) is 13.4. The molecule has 0 radical (unpaired) electrons. The van der Waals surface area contributed by atoms with Gasteiger partial charge in [-0.25, -0.2) is 0 Å². The summed E-state index contributed by atoms with van der Waals surface area (Å²) in [6.45, 7) is 4.65. The lowest BCUT2D eigenvalue weighted by atomic mass is 9.93. The molecule has 1 saturated heterocycles. The molecule has 1 fully saturated rings. The lowest BCUT2D eigenvalue weighted by Crippen LogP contribution is -2.35. The minimum absolute atomic E-state index is 0.249. The van der Waals surface area contributed by atoms with E-state index in [-0.39, 0.29) is 5.91 Å². The molecule has 1 N–H and O–H groups in total. The molecule has 0 aromatic heterocycles. The molecule has 1 aliphatic heterocycles. The molecule has 4 nitrogen and oxygen atoms in total. The minimum atomic E-state index is 0.249. The van der Waals surface area contributed by atoms with Crippen LogP contribution in [0.15, 0.2) is 0 Å². The van der Waals surface area contributed by atoms with Gasteiger partial charge in [-0.1, -0.05) is 0 Å². The van der Waals surface area contributed by atoms with Gasteiger partial charge in [0.15, 0.2) is 0 Å². The fourth-order valence-corrected chi connectivity index (χ4v) is 2.52. The van der Waals surface area contributed by atoms with Gasteiger partial charge in [0.2, 0.25) is 5.91 Å². The molecule has 0 atom stereocenters. The molecule has 1 amide bonds. The Kier molecular flexibility index (Phi) is 7.28. The predicted molar refractivity (Wildman–Crippen MR) is 75.6 cm³/mol. The van der Waals surface area contributed by atoms with E-state index in [4.69, 9.17) is 0 Å². The molecule has 0 aromatic carbocycles. The summed E-state index contributed by atoms with van der Waals surface area (Å²) in [6, 6.07) is 0. The van der Waals surface area contributed by atoms with E-state index in [1.165, 1.54) is 32.4 Å². The summed E-state index contributed by atoms with van der Waals surface area (Å²) in [5.74, 6) is 1.15. The van der Waals surface area contributed by atoms with Gasteiger partial charge in [0.1, 0.15) is 0 Å². The van der Waals surface area contributed by atoms with E-state index in [0.29, 0.717) is 6.42 Å². The van der Waals surface area contributed by atoms with Crippen molar-refractivity contribution in [1.82, 2.24) is 15.1 Å². The third kappa shape index (κ3) is 5.83. The third-order valence-electron chi connectivity index (χ3n) is 3.87. The number of carbonyl (C=O) groups is 1. The van der Waals surface area contributed by atoms with Gasteiger partial charge < -0.3 is 15.1 Å². The molecule has 18 heavy (non-hydrogen) atoms. The summed E-state index contributed by atoms with van der Waals surface area (Å²) >= 11 is 0. The first kappa shape index (κ1) is 15.4. The van der Waals surface area contributed by atoms with Crippen LogP contribution in [0.4, 0.5) is 0 Å². The topological polar surface area (TPSA) is 35.6 Å². The van der Waals surface area contributed by atoms with Crippen LogP contribution in [0.25, 0.3) is 0 Å². The molecular formula is C14H29N3O. The zero-order valence-corrected chi connectivity index (χ0v) is 12.2. The average Bonchev–Trinajstić information content (AvgIpc) is 2.37. The Hall–Kier alpha value is -0.610. The lowest BCUT2D eigenvalue weighted by Gasteiger charge is -2.32. The number of hydrogen-bond donors (Lipinski definition) is 1. The Balaban J connectivity index is 2.07. The zero-order valence-electron chi connectivity index (χ0n) is 12.2. The minimum Gasteiger partial charge on any atom is -0.349 e. The van der Waals surface area contributed by atoms with Crippen LogP contribution in [-0.4, -0.2) is 63.0 Å². The van der Waals surface area contributed by atoms with Crippen LogP contribution in [0.3, 0.4) is 0 Å². The van der Waals surface area contributed by atoms with Crippen molar-refractivity contribution in [2.45, 2.75) is 32.1 Å². The second-order valence-electron chi connectivity index (χ2n) is 5.57. The fourth-order valence-electron chi connectivity index (χ4n) is 2.52. The van der Waals surface area contributed by atoms with E-state index in [2.05, 4.69) is 10.2 Å². The third-order valence-corrected chi connectivity index (χ3v) is 3.87. The van der Waals surface area contributed by atoms with Crippen molar-refractivity contribution in [1.29, 1.82) is 0 Å². The summed E-state index contributed by atoms with van der Waals surface area (Å²) < 4.78 is 0. The Labute approximate surface area is 112 Å². The summed E-state index contributed by atoms with van der Waals surface area (Å²) in [7, 11) is 5.68. The predicted octanol–water partition coefficient (Wildman–Crippen LogP) is 1.18. The van der Waals surface area contributed by atoms with E-state index in [1.807, 2.05) is 21.1 Å². The maximum absolute atomic E-state index is 11.5. The van der Waals surface area contributed by atoms with E-state index < -0.39 is 0 Å². The number of hydrogen-bond acceptors (Lipinski definition) is 3. The lowest BCUT2D eigenvalue weighted by molar-refractivity contribution is -0.128. The van der Waals surface area contributed by atoms with Crippen LogP contribution >= 0.6 is 0 Å². The van der Waals surface area contributed by atoms with Gasteiger partial charge in [-0.05, 0) is 64.8 Å². The van der Waals surface area contributed by atoms with E-state index in [0.717, 1.165) is 25.4 Å². The first-order chi connectivity index (χ1) is 8.63. The molecule has 1 aliphatic rings. The maximum Gasteiger partial charge on any atom is 0.222 e. The molecule has 1 rings (SSSR count). The standard InChI is InChI=1S/C14H29N3O/c1-15-9-6-13-7-11-17(12-8-13)10-4-5-14(18)16(2)3/h13,15H,4-12H2,1-3H3. The quantitative estimate of drug-likeness (QED) is 0.742. The van der Waals surface area contributed by atoms with Crippen molar-refractivity contribution in [2.24, 2.45) is 5.92 Å². The molecule has 0 aromatic rings. The largest absolute Gasteiger partial charge is 0.349 e. The first-order valence-corrected chi connectivity index (χ1v) is 7.20. The van der Waals surface area contributed by atoms with E-state index in [9.17, 15) is 4.79 Å². The highest BCUT2D eigenvalue weighted by Gasteiger charge is 2.18. The van der Waals surface area contributed by atoms with E-state index in [1.54, 1.807) is 4.90 Å². The number of amides is 1. The Morgan fingerprint density at radius 3 is 2.56 bits per heavy atom. The second kappa shape index (κ2) is 8.48. The average molecular weight is 255 g/mol. The van der Waals surface area contributed by atoms with Crippen LogP contribution in [0, 0.1) is 5.92 Å². The normalized spacial score (nSPS) is 17.9. The van der Waals surface area contributed by atoms with E-state index >= 15 is 0 Å². The van der Waals surface area contributed by atoms with Crippen molar-refractivity contribution < 1.29 is 4.79 Å². The molecule has 1 heterocycles. The van der Waals surface area contributed by atoms with Gasteiger partial charge in [-0.2, -0.15) is 0 Å². The van der Waals surface area contributed by atoms with Crippen molar-refractivity contribution in [3.05, 3.63) is 0 Å². The molecular weight excluding hydrogens is 226 g/mol. The van der Waals surface area contributed by atoms with Crippen molar-refractivity contribution in [3.8, 4) is 0 Å². The second-order valence-corrected chi connectivity index (χ2v) is 5.57. The number of piperidine rings is 1. The van der Waals surface area contributed by atoms with Crippen molar-refractivity contribution in [2.75, 3.05) is 47.3 Å². The summed E-state index contributed by atoms with van der Waals surface area (Å²) in [5, 5.41) is 3.23. The summed E-state index contributed by atoms with van der Waals surface area (Å²) in [4.78, 5) is 15.7. The van der Waals surface area contributed by atoms with Crippen LogP contribution in [0.5, 0.6) is 0 Å². The molecule has 0 spiro atoms. The number of likely N-dealkylation sites (tertiary alicyclic amines) is 1. The monoisotopic (exact) mass is 255 g/mol. The van der Waals surface area contributed by atoms with Gasteiger partial charge in [-0.15, -0.1) is 0 Å². The van der Waals surface area contributed by atoms with Gasteiger partial charge in [-0.3, -0.25) is 4.79 Å². The number of rotatable bonds is 7. The summed E-state index contributed by atoms with van der Waals surface area (Å²) in [6.07, 6.45) is 5.64. The van der Waals surface area contributed by atoms with Gasteiger partial charge in [0, 0.05) is 20.5 Å². The maximum atomic E-state index is 11.5. The van der Waals surface area contributed by atoms with Crippen molar-refractivity contribution >= 4 is 5.91 Å². The van der Waals surface area contributed by atoms with Crippen LogP contribution in [0.1, 0.15) is 32.1 Å². The summed E-state index contributed by atoms with van der Waals surface area (Å²) in [5.41, 5.74) is 0. The Morgan fingerprint density at radius 2 is 2.00 bits per heavy atom. The molecule has 106 valence electrons. The number of nitrogens with zero attached hydrogens (tertiary/aromatic N) is 2. The van der Waals surface area contributed by atoms with Gasteiger partial charge >= 0.3 is 0 Å². The Bertz CT molecular complexity index is 235. The molecule has 4 heteroatoms. The first-order valence-electron chi connectivity index (χ1n) is 7.20. The highest BCUT2D eigenvalue weighted by molar-refractivity contribution is 5.75. The van der Waals surface area contributed by atoms with Crippen LogP contribution in [-0.2, 0) is 4.79 Å². The van der Waals surface area contributed by atoms with Crippen molar-refractivity contribution in [3.63, 3.8) is 0 Å². The number of carbonyl (C=O) groups excluding carboxylic acids is 1. The SMILES string of the molecule is CNCCC1CCN(CCCC(=O)N(C)C)CC1. The fraction of sp³-hybridized carbons (Fsp3) is 0.929. The Morgan fingerprint density at radius 1 is 1.33 bits per heavy atom.